The van der Waals surface area contributed by atoms with Gasteiger partial charge < -0.3 is 10.5 Å². The van der Waals surface area contributed by atoms with Crippen molar-refractivity contribution >= 4 is 0 Å². The van der Waals surface area contributed by atoms with Gasteiger partial charge in [0.1, 0.15) is 0 Å². The highest BCUT2D eigenvalue weighted by atomic mass is 16.5. The smallest absolute Gasteiger partial charge is 0.0589 e. The van der Waals surface area contributed by atoms with Crippen molar-refractivity contribution in [3.8, 4) is 0 Å². The van der Waals surface area contributed by atoms with Gasteiger partial charge in [-0.25, -0.2) is 0 Å². The quantitative estimate of drug-likeness (QED) is 0.765. The highest BCUT2D eigenvalue weighted by molar-refractivity contribution is 5.13. The summed E-state index contributed by atoms with van der Waals surface area (Å²) in [7, 11) is 3.64. The van der Waals surface area contributed by atoms with Crippen molar-refractivity contribution in [1.82, 2.24) is 14.7 Å². The molecular formula is C12H24N4O. The summed E-state index contributed by atoms with van der Waals surface area (Å²) in [5, 5.41) is 4.22. The molecular weight excluding hydrogens is 216 g/mol. The van der Waals surface area contributed by atoms with Crippen molar-refractivity contribution < 1.29 is 4.74 Å². The summed E-state index contributed by atoms with van der Waals surface area (Å²) in [6, 6.07) is 0.264. The average molecular weight is 240 g/mol. The summed E-state index contributed by atoms with van der Waals surface area (Å²) >= 11 is 0. The van der Waals surface area contributed by atoms with Crippen molar-refractivity contribution in [2.45, 2.75) is 25.9 Å². The Hall–Kier alpha value is -0.910. The molecule has 1 heterocycles. The fraction of sp³-hybridized carbons (Fsp3) is 0.750. The molecule has 0 radical (unpaired) electrons. The molecule has 0 bridgehead atoms. The minimum absolute atomic E-state index is 0.0657. The van der Waals surface area contributed by atoms with Gasteiger partial charge in [-0.1, -0.05) is 6.92 Å². The number of aromatic nitrogens is 2. The Morgan fingerprint density at radius 2 is 2.29 bits per heavy atom. The highest BCUT2D eigenvalue weighted by Gasteiger charge is 2.23. The summed E-state index contributed by atoms with van der Waals surface area (Å²) < 4.78 is 6.96. The van der Waals surface area contributed by atoms with Gasteiger partial charge in [-0.05, 0) is 13.5 Å². The monoisotopic (exact) mass is 240 g/mol. The van der Waals surface area contributed by atoms with Crippen molar-refractivity contribution in [2.75, 3.05) is 26.8 Å². The predicted octanol–water partition coefficient (Wildman–Crippen LogP) is 0.777. The lowest BCUT2D eigenvalue weighted by molar-refractivity contribution is 0.115. The molecule has 5 nitrogen and oxygen atoms in total. The number of nitrogens with zero attached hydrogens (tertiary/aromatic N) is 3. The lowest BCUT2D eigenvalue weighted by Gasteiger charge is -2.32. The van der Waals surface area contributed by atoms with Crippen LogP contribution in [0.25, 0.3) is 0 Å². The number of nitrogens with two attached hydrogens (primary N) is 1. The summed E-state index contributed by atoms with van der Waals surface area (Å²) in [6.45, 7) is 6.73. The number of aryl methyl sites for hydroxylation is 1. The zero-order chi connectivity index (χ0) is 12.8. The van der Waals surface area contributed by atoms with Crippen LogP contribution in [-0.2, 0) is 11.8 Å². The minimum atomic E-state index is 0.0657. The lowest BCUT2D eigenvalue weighted by atomic mass is 10.0. The van der Waals surface area contributed by atoms with E-state index in [4.69, 9.17) is 10.5 Å². The number of ether oxygens (including phenoxy) is 1. The van der Waals surface area contributed by atoms with Gasteiger partial charge >= 0.3 is 0 Å². The van der Waals surface area contributed by atoms with E-state index in [1.165, 1.54) is 5.56 Å². The number of rotatable bonds is 7. The van der Waals surface area contributed by atoms with Crippen molar-refractivity contribution in [2.24, 2.45) is 12.8 Å². The number of hydrogen-bond donors (Lipinski definition) is 1. The molecule has 0 aliphatic rings. The normalized spacial score (nSPS) is 15.2. The first-order valence-corrected chi connectivity index (χ1v) is 6.07. The topological polar surface area (TPSA) is 56.3 Å². The van der Waals surface area contributed by atoms with Crippen LogP contribution in [0, 0.1) is 0 Å². The molecule has 2 N–H and O–H groups in total. The summed E-state index contributed by atoms with van der Waals surface area (Å²) in [5.74, 6) is 0. The van der Waals surface area contributed by atoms with Gasteiger partial charge in [-0.2, -0.15) is 5.10 Å². The van der Waals surface area contributed by atoms with Crippen LogP contribution < -0.4 is 5.73 Å². The van der Waals surface area contributed by atoms with Gasteiger partial charge in [-0.15, -0.1) is 0 Å². The largest absolute Gasteiger partial charge is 0.383 e. The van der Waals surface area contributed by atoms with Crippen molar-refractivity contribution in [3.05, 3.63) is 18.0 Å². The predicted molar refractivity (Wildman–Crippen MR) is 68.7 cm³/mol. The second kappa shape index (κ2) is 6.74. The van der Waals surface area contributed by atoms with E-state index in [2.05, 4.69) is 16.9 Å². The Bertz CT molecular complexity index is 324. The molecule has 17 heavy (non-hydrogen) atoms. The molecule has 0 aliphatic carbocycles. The van der Waals surface area contributed by atoms with Crippen LogP contribution in [0.1, 0.15) is 25.5 Å². The van der Waals surface area contributed by atoms with Gasteiger partial charge in [0.15, 0.2) is 0 Å². The van der Waals surface area contributed by atoms with E-state index >= 15 is 0 Å². The van der Waals surface area contributed by atoms with Gasteiger partial charge in [0.25, 0.3) is 0 Å². The van der Waals surface area contributed by atoms with Crippen LogP contribution in [0.15, 0.2) is 12.4 Å². The van der Waals surface area contributed by atoms with E-state index in [9.17, 15) is 0 Å². The number of hydrogen-bond acceptors (Lipinski definition) is 4. The standard InChI is InChI=1S/C12H24N4O/c1-5-16(6-7-17-4)12(10(2)13)11-8-14-15(3)9-11/h8-10,12H,5-7,13H2,1-4H3. The van der Waals surface area contributed by atoms with E-state index in [1.54, 1.807) is 7.11 Å². The third-order valence-electron chi connectivity index (χ3n) is 2.95. The van der Waals surface area contributed by atoms with Gasteiger partial charge in [0.05, 0.1) is 18.8 Å². The van der Waals surface area contributed by atoms with Crippen molar-refractivity contribution in [3.63, 3.8) is 0 Å². The first kappa shape index (κ1) is 14.2. The van der Waals surface area contributed by atoms with E-state index in [1.807, 2.05) is 31.0 Å². The van der Waals surface area contributed by atoms with Gasteiger partial charge in [0, 0.05) is 38.5 Å². The number of likely N-dealkylation sites (N-methyl/N-ethyl adjacent to an activating group) is 1. The Morgan fingerprint density at radius 1 is 1.59 bits per heavy atom. The first-order valence-electron chi connectivity index (χ1n) is 6.07. The summed E-state index contributed by atoms with van der Waals surface area (Å²) in [5.41, 5.74) is 7.27. The molecule has 0 aromatic carbocycles. The van der Waals surface area contributed by atoms with Gasteiger partial charge in [0.2, 0.25) is 0 Å². The molecule has 5 heteroatoms. The molecule has 1 aromatic rings. The van der Waals surface area contributed by atoms with Gasteiger partial charge in [-0.3, -0.25) is 9.58 Å². The zero-order valence-electron chi connectivity index (χ0n) is 11.3. The van der Waals surface area contributed by atoms with E-state index < -0.39 is 0 Å². The van der Waals surface area contributed by atoms with E-state index in [-0.39, 0.29) is 12.1 Å². The molecule has 2 atom stereocenters. The Kier molecular flexibility index (Phi) is 5.61. The molecule has 0 saturated heterocycles. The molecule has 0 spiro atoms. The lowest BCUT2D eigenvalue weighted by Crippen LogP contribution is -2.40. The molecule has 2 unspecified atom stereocenters. The molecule has 98 valence electrons. The molecule has 1 aromatic heterocycles. The second-order valence-electron chi connectivity index (χ2n) is 4.37. The maximum Gasteiger partial charge on any atom is 0.0589 e. The van der Waals surface area contributed by atoms with Crippen LogP contribution in [0.4, 0.5) is 0 Å². The Morgan fingerprint density at radius 3 is 2.71 bits per heavy atom. The van der Waals surface area contributed by atoms with Crippen LogP contribution in [0.5, 0.6) is 0 Å². The summed E-state index contributed by atoms with van der Waals surface area (Å²) in [4.78, 5) is 2.32. The maximum atomic E-state index is 6.11. The molecule has 0 amide bonds. The minimum Gasteiger partial charge on any atom is -0.383 e. The zero-order valence-corrected chi connectivity index (χ0v) is 11.3. The molecule has 1 rings (SSSR count). The third kappa shape index (κ3) is 3.80. The van der Waals surface area contributed by atoms with Crippen LogP contribution in [-0.4, -0.2) is 47.5 Å². The van der Waals surface area contributed by atoms with E-state index in [0.717, 1.165) is 19.7 Å². The first-order chi connectivity index (χ1) is 8.10. The van der Waals surface area contributed by atoms with E-state index in [0.29, 0.717) is 0 Å². The SMILES string of the molecule is CCN(CCOC)C(c1cnn(C)c1)C(C)N. The summed E-state index contributed by atoms with van der Waals surface area (Å²) in [6.07, 6.45) is 3.92. The van der Waals surface area contributed by atoms with Crippen LogP contribution >= 0.6 is 0 Å². The van der Waals surface area contributed by atoms with Crippen LogP contribution in [0.3, 0.4) is 0 Å². The third-order valence-corrected chi connectivity index (χ3v) is 2.95. The number of methoxy groups -OCH3 is 1. The second-order valence-corrected chi connectivity index (χ2v) is 4.37. The maximum absolute atomic E-state index is 6.11. The van der Waals surface area contributed by atoms with Crippen LogP contribution in [0.2, 0.25) is 0 Å². The fourth-order valence-corrected chi connectivity index (χ4v) is 2.14. The van der Waals surface area contributed by atoms with Crippen molar-refractivity contribution in [1.29, 1.82) is 0 Å². The molecule has 0 aliphatic heterocycles. The highest BCUT2D eigenvalue weighted by Crippen LogP contribution is 2.22. The average Bonchev–Trinajstić information content (AvgIpc) is 2.69. The Balaban J connectivity index is 2.83. The molecule has 0 saturated carbocycles. The Labute approximate surface area is 104 Å². The molecule has 0 fully saturated rings. The fourth-order valence-electron chi connectivity index (χ4n) is 2.14.